The molecule has 140 valence electrons. The fraction of sp³-hybridized carbons (Fsp3) is 0.526. The van der Waals surface area contributed by atoms with Crippen molar-refractivity contribution in [2.75, 3.05) is 31.5 Å². The molecule has 7 heteroatoms. The number of aliphatic carboxylic acids is 1. The minimum absolute atomic E-state index is 0.0300. The first-order chi connectivity index (χ1) is 12.5. The first kappa shape index (κ1) is 18.2. The number of carbonyl (C=O) groups is 3. The van der Waals surface area contributed by atoms with Gasteiger partial charge in [-0.1, -0.05) is 12.1 Å². The van der Waals surface area contributed by atoms with E-state index in [0.717, 1.165) is 25.9 Å². The van der Waals surface area contributed by atoms with Crippen LogP contribution >= 0.6 is 0 Å². The molecule has 0 saturated carbocycles. The number of hydrogen-bond donors (Lipinski definition) is 2. The number of carbonyl (C=O) groups excluding carboxylic acids is 2. The van der Waals surface area contributed by atoms with Gasteiger partial charge in [-0.25, -0.2) is 4.79 Å². The molecule has 2 N–H and O–H groups in total. The number of piperidine rings is 1. The molecule has 0 bridgehead atoms. The van der Waals surface area contributed by atoms with Crippen LogP contribution in [0.3, 0.4) is 0 Å². The summed E-state index contributed by atoms with van der Waals surface area (Å²) in [7, 11) is 0. The molecule has 0 unspecified atom stereocenters. The quantitative estimate of drug-likeness (QED) is 0.862. The maximum Gasteiger partial charge on any atom is 0.319 e. The van der Waals surface area contributed by atoms with Gasteiger partial charge in [-0.15, -0.1) is 0 Å². The summed E-state index contributed by atoms with van der Waals surface area (Å²) >= 11 is 0. The Labute approximate surface area is 153 Å². The highest BCUT2D eigenvalue weighted by molar-refractivity contribution is 5.92. The van der Waals surface area contributed by atoms with Crippen molar-refractivity contribution >= 4 is 23.6 Å². The molecular formula is C19H25N3O4. The van der Waals surface area contributed by atoms with Crippen molar-refractivity contribution in [3.63, 3.8) is 0 Å². The molecule has 0 atom stereocenters. The standard InChI is InChI=1S/C19H25N3O4/c23-17(24)13-14-3-5-16(6-4-14)20-18(25)15-7-11-22(12-8-15)19(26)21-9-1-2-10-21/h3-6,15H,1-2,7-13H2,(H,20,25)(H,23,24). The van der Waals surface area contributed by atoms with Crippen molar-refractivity contribution in [1.82, 2.24) is 9.80 Å². The molecule has 7 nitrogen and oxygen atoms in total. The lowest BCUT2D eigenvalue weighted by Gasteiger charge is -2.34. The Morgan fingerprint density at radius 2 is 1.54 bits per heavy atom. The largest absolute Gasteiger partial charge is 0.481 e. The van der Waals surface area contributed by atoms with Crippen molar-refractivity contribution in [3.8, 4) is 0 Å². The fourth-order valence-electron chi connectivity index (χ4n) is 3.57. The number of carboxylic acids is 1. The molecule has 2 aliphatic rings. The van der Waals surface area contributed by atoms with Crippen LogP contribution in [0.15, 0.2) is 24.3 Å². The van der Waals surface area contributed by atoms with Crippen LogP contribution in [0.1, 0.15) is 31.2 Å². The van der Waals surface area contributed by atoms with Gasteiger partial charge < -0.3 is 20.2 Å². The number of carboxylic acid groups (broad SMARTS) is 1. The van der Waals surface area contributed by atoms with Crippen LogP contribution in [0.25, 0.3) is 0 Å². The van der Waals surface area contributed by atoms with Gasteiger partial charge in [0.15, 0.2) is 0 Å². The normalized spacial score (nSPS) is 18.0. The van der Waals surface area contributed by atoms with Crippen LogP contribution in [0.4, 0.5) is 10.5 Å². The molecule has 2 heterocycles. The van der Waals surface area contributed by atoms with Gasteiger partial charge in [0.1, 0.15) is 0 Å². The summed E-state index contributed by atoms with van der Waals surface area (Å²) in [6, 6.07) is 6.97. The zero-order chi connectivity index (χ0) is 18.5. The van der Waals surface area contributed by atoms with Crippen LogP contribution in [-0.2, 0) is 16.0 Å². The SMILES string of the molecule is O=C(O)Cc1ccc(NC(=O)C2CCN(C(=O)N3CCCC3)CC2)cc1. The summed E-state index contributed by atoms with van der Waals surface area (Å²) in [5.41, 5.74) is 1.36. The van der Waals surface area contributed by atoms with Crippen molar-refractivity contribution in [3.05, 3.63) is 29.8 Å². The van der Waals surface area contributed by atoms with Crippen molar-refractivity contribution in [1.29, 1.82) is 0 Å². The highest BCUT2D eigenvalue weighted by Gasteiger charge is 2.30. The Hall–Kier alpha value is -2.57. The van der Waals surface area contributed by atoms with E-state index in [2.05, 4.69) is 5.32 Å². The highest BCUT2D eigenvalue weighted by atomic mass is 16.4. The molecule has 3 rings (SSSR count). The van der Waals surface area contributed by atoms with Gasteiger partial charge in [-0.05, 0) is 43.4 Å². The summed E-state index contributed by atoms with van der Waals surface area (Å²) in [6.45, 7) is 2.92. The summed E-state index contributed by atoms with van der Waals surface area (Å²) in [6.07, 6.45) is 3.47. The van der Waals surface area contributed by atoms with Gasteiger partial charge >= 0.3 is 12.0 Å². The fourth-order valence-corrected chi connectivity index (χ4v) is 3.57. The number of urea groups is 1. The molecular weight excluding hydrogens is 334 g/mol. The first-order valence-electron chi connectivity index (χ1n) is 9.18. The van der Waals surface area contributed by atoms with E-state index in [1.165, 1.54) is 0 Å². The predicted molar refractivity (Wildman–Crippen MR) is 96.9 cm³/mol. The topological polar surface area (TPSA) is 90.0 Å². The minimum Gasteiger partial charge on any atom is -0.481 e. The number of likely N-dealkylation sites (tertiary alicyclic amines) is 2. The van der Waals surface area contributed by atoms with Crippen molar-refractivity contribution < 1.29 is 19.5 Å². The molecule has 3 amide bonds. The number of anilines is 1. The maximum atomic E-state index is 12.4. The van der Waals surface area contributed by atoms with E-state index in [9.17, 15) is 14.4 Å². The maximum absolute atomic E-state index is 12.4. The number of nitrogens with zero attached hydrogens (tertiary/aromatic N) is 2. The van der Waals surface area contributed by atoms with Gasteiger partial charge in [0, 0.05) is 37.8 Å². The lowest BCUT2D eigenvalue weighted by Crippen LogP contribution is -2.47. The lowest BCUT2D eigenvalue weighted by molar-refractivity contribution is -0.136. The zero-order valence-corrected chi connectivity index (χ0v) is 14.8. The Kier molecular flexibility index (Phi) is 5.75. The lowest BCUT2D eigenvalue weighted by atomic mass is 9.96. The third-order valence-electron chi connectivity index (χ3n) is 5.09. The van der Waals surface area contributed by atoms with Gasteiger partial charge in [-0.3, -0.25) is 9.59 Å². The smallest absolute Gasteiger partial charge is 0.319 e. The monoisotopic (exact) mass is 359 g/mol. The molecule has 0 radical (unpaired) electrons. The Morgan fingerprint density at radius 3 is 2.12 bits per heavy atom. The molecule has 0 spiro atoms. The summed E-state index contributed by atoms with van der Waals surface area (Å²) in [5, 5.41) is 11.7. The number of amides is 3. The van der Waals surface area contributed by atoms with E-state index in [-0.39, 0.29) is 24.3 Å². The number of rotatable bonds is 4. The Bertz CT molecular complexity index is 660. The van der Waals surface area contributed by atoms with Gasteiger partial charge in [0.2, 0.25) is 5.91 Å². The molecule has 2 aliphatic heterocycles. The molecule has 2 fully saturated rings. The molecule has 26 heavy (non-hydrogen) atoms. The molecule has 1 aromatic rings. The van der Waals surface area contributed by atoms with E-state index in [1.54, 1.807) is 24.3 Å². The number of nitrogens with one attached hydrogen (secondary N) is 1. The molecule has 2 saturated heterocycles. The van der Waals surface area contributed by atoms with E-state index in [0.29, 0.717) is 37.2 Å². The average molecular weight is 359 g/mol. The van der Waals surface area contributed by atoms with Crippen LogP contribution < -0.4 is 5.32 Å². The Morgan fingerprint density at radius 1 is 0.962 bits per heavy atom. The average Bonchev–Trinajstić information content (AvgIpc) is 3.17. The second-order valence-electron chi connectivity index (χ2n) is 6.99. The summed E-state index contributed by atoms with van der Waals surface area (Å²) in [5.74, 6) is -1.02. The summed E-state index contributed by atoms with van der Waals surface area (Å²) in [4.78, 5) is 39.3. The number of hydrogen-bond acceptors (Lipinski definition) is 3. The van der Waals surface area contributed by atoms with E-state index in [4.69, 9.17) is 5.11 Å². The van der Waals surface area contributed by atoms with E-state index < -0.39 is 5.97 Å². The molecule has 0 aromatic heterocycles. The predicted octanol–water partition coefficient (Wildman–Crippen LogP) is 2.18. The van der Waals surface area contributed by atoms with E-state index in [1.807, 2.05) is 9.80 Å². The zero-order valence-electron chi connectivity index (χ0n) is 14.8. The third-order valence-corrected chi connectivity index (χ3v) is 5.09. The highest BCUT2D eigenvalue weighted by Crippen LogP contribution is 2.22. The van der Waals surface area contributed by atoms with Crippen LogP contribution in [0, 0.1) is 5.92 Å². The van der Waals surface area contributed by atoms with Crippen LogP contribution in [0.5, 0.6) is 0 Å². The first-order valence-corrected chi connectivity index (χ1v) is 9.18. The second kappa shape index (κ2) is 8.21. The van der Waals surface area contributed by atoms with Gasteiger partial charge in [0.25, 0.3) is 0 Å². The van der Waals surface area contributed by atoms with Crippen molar-refractivity contribution in [2.45, 2.75) is 32.1 Å². The second-order valence-corrected chi connectivity index (χ2v) is 6.99. The molecule has 0 aliphatic carbocycles. The molecule has 1 aromatic carbocycles. The van der Waals surface area contributed by atoms with Gasteiger partial charge in [0.05, 0.1) is 6.42 Å². The van der Waals surface area contributed by atoms with E-state index >= 15 is 0 Å². The van der Waals surface area contributed by atoms with Crippen LogP contribution in [0.2, 0.25) is 0 Å². The van der Waals surface area contributed by atoms with Crippen LogP contribution in [-0.4, -0.2) is 59.0 Å². The minimum atomic E-state index is -0.878. The van der Waals surface area contributed by atoms with Gasteiger partial charge in [-0.2, -0.15) is 0 Å². The third kappa shape index (κ3) is 4.53. The number of benzene rings is 1. The Balaban J connectivity index is 1.47. The van der Waals surface area contributed by atoms with Crippen molar-refractivity contribution in [2.24, 2.45) is 5.92 Å². The summed E-state index contributed by atoms with van der Waals surface area (Å²) < 4.78 is 0.